The summed E-state index contributed by atoms with van der Waals surface area (Å²) >= 11 is 1.70. The number of aryl methyl sites for hydroxylation is 1. The maximum absolute atomic E-state index is 15.9. The summed E-state index contributed by atoms with van der Waals surface area (Å²) in [5.74, 6) is -0.0346. The van der Waals surface area contributed by atoms with E-state index in [9.17, 15) is 0 Å². The Hall–Kier alpha value is -4.02. The van der Waals surface area contributed by atoms with Crippen molar-refractivity contribution in [1.29, 1.82) is 0 Å². The SMILES string of the molecule is Cc1ccc(-c2ccnc3nc(-c4n[nH]c5cnc(-c6cncc(CN(C)C)c6)c(F)c45)[nH]c23)s1. The van der Waals surface area contributed by atoms with Gasteiger partial charge in [-0.05, 0) is 50.8 Å². The van der Waals surface area contributed by atoms with Gasteiger partial charge in [0.1, 0.15) is 11.4 Å². The lowest BCUT2D eigenvalue weighted by Crippen LogP contribution is -2.10. The minimum Gasteiger partial charge on any atom is -0.335 e. The molecular weight excluding hydrogens is 463 g/mol. The van der Waals surface area contributed by atoms with Crippen LogP contribution in [0, 0.1) is 12.7 Å². The van der Waals surface area contributed by atoms with E-state index >= 15 is 4.39 Å². The highest BCUT2D eigenvalue weighted by atomic mass is 32.1. The van der Waals surface area contributed by atoms with Crippen molar-refractivity contribution in [1.82, 2.24) is 40.0 Å². The minimum atomic E-state index is -0.474. The van der Waals surface area contributed by atoms with Crippen molar-refractivity contribution < 1.29 is 4.39 Å². The number of H-pyrrole nitrogens is 2. The van der Waals surface area contributed by atoms with Crippen LogP contribution in [-0.2, 0) is 6.54 Å². The average molecular weight is 485 g/mol. The lowest BCUT2D eigenvalue weighted by atomic mass is 10.1. The van der Waals surface area contributed by atoms with Gasteiger partial charge in [-0.25, -0.2) is 14.4 Å². The number of nitrogens with one attached hydrogen (secondary N) is 2. The zero-order chi connectivity index (χ0) is 24.1. The molecule has 0 fully saturated rings. The van der Waals surface area contributed by atoms with Crippen LogP contribution in [0.1, 0.15) is 10.4 Å². The molecule has 0 radical (unpaired) electrons. The molecule has 8 nitrogen and oxygen atoms in total. The molecule has 6 rings (SSSR count). The molecule has 0 aliphatic carbocycles. The third kappa shape index (κ3) is 3.76. The fourth-order valence-electron chi connectivity index (χ4n) is 4.22. The summed E-state index contributed by atoms with van der Waals surface area (Å²) in [7, 11) is 3.95. The molecule has 35 heavy (non-hydrogen) atoms. The first-order chi connectivity index (χ1) is 17.0. The Morgan fingerprint density at radius 3 is 2.74 bits per heavy atom. The van der Waals surface area contributed by atoms with E-state index in [0.717, 1.165) is 21.5 Å². The second kappa shape index (κ2) is 8.33. The molecule has 6 heterocycles. The van der Waals surface area contributed by atoms with Crippen molar-refractivity contribution in [3.8, 4) is 33.2 Å². The van der Waals surface area contributed by atoms with E-state index in [4.69, 9.17) is 0 Å². The van der Waals surface area contributed by atoms with Crippen LogP contribution in [-0.4, -0.2) is 54.1 Å². The number of halogens is 1. The standard InChI is InChI=1S/C25H21FN8S/c1-13-4-5-18(35-13)16-6-7-28-24-22(16)30-25(31-24)23-19-17(32-33-23)11-29-21(20(19)26)15-8-14(9-27-10-15)12-34(2)3/h4-11H,12H2,1-3H3,(H,32,33)(H,28,30,31). The predicted molar refractivity (Wildman–Crippen MR) is 135 cm³/mol. The Balaban J connectivity index is 1.49. The van der Waals surface area contributed by atoms with Crippen LogP contribution in [0.15, 0.2) is 49.1 Å². The van der Waals surface area contributed by atoms with Gasteiger partial charge in [-0.15, -0.1) is 11.3 Å². The molecule has 0 atom stereocenters. The number of pyridine rings is 3. The number of aromatic amines is 2. The lowest BCUT2D eigenvalue weighted by molar-refractivity contribution is 0.402. The number of thiophene rings is 1. The van der Waals surface area contributed by atoms with E-state index in [2.05, 4.69) is 54.2 Å². The maximum Gasteiger partial charge on any atom is 0.178 e. The molecule has 6 aromatic heterocycles. The number of hydrogen-bond donors (Lipinski definition) is 2. The minimum absolute atomic E-state index is 0.220. The van der Waals surface area contributed by atoms with Gasteiger partial charge in [0.25, 0.3) is 0 Å². The fourth-order valence-corrected chi connectivity index (χ4v) is 5.12. The molecule has 174 valence electrons. The summed E-state index contributed by atoms with van der Waals surface area (Å²) in [6.07, 6.45) is 6.72. The van der Waals surface area contributed by atoms with E-state index in [0.29, 0.717) is 40.2 Å². The van der Waals surface area contributed by atoms with Gasteiger partial charge in [0.2, 0.25) is 0 Å². The number of imidazole rings is 1. The molecular formula is C25H21FN8S. The van der Waals surface area contributed by atoms with Crippen molar-refractivity contribution in [2.45, 2.75) is 13.5 Å². The highest BCUT2D eigenvalue weighted by Gasteiger charge is 2.21. The number of rotatable bonds is 5. The quantitative estimate of drug-likeness (QED) is 0.349. The zero-order valence-electron chi connectivity index (χ0n) is 19.3. The van der Waals surface area contributed by atoms with Crippen molar-refractivity contribution in [2.75, 3.05) is 14.1 Å². The molecule has 0 bridgehead atoms. The first-order valence-corrected chi connectivity index (χ1v) is 11.8. The number of hydrogen-bond acceptors (Lipinski definition) is 7. The number of nitrogens with zero attached hydrogens (tertiary/aromatic N) is 6. The molecule has 0 saturated heterocycles. The highest BCUT2D eigenvalue weighted by molar-refractivity contribution is 7.15. The fraction of sp³-hybridized carbons (Fsp3) is 0.160. The molecule has 0 amide bonds. The van der Waals surface area contributed by atoms with Crippen LogP contribution in [0.3, 0.4) is 0 Å². The third-order valence-corrected chi connectivity index (χ3v) is 6.77. The molecule has 6 aromatic rings. The first-order valence-electron chi connectivity index (χ1n) is 11.0. The monoisotopic (exact) mass is 484 g/mol. The first kappa shape index (κ1) is 21.5. The predicted octanol–water partition coefficient (Wildman–Crippen LogP) is 5.20. The zero-order valence-corrected chi connectivity index (χ0v) is 20.1. The highest BCUT2D eigenvalue weighted by Crippen LogP contribution is 2.35. The van der Waals surface area contributed by atoms with E-state index in [1.54, 1.807) is 36.1 Å². The molecule has 0 aliphatic rings. The van der Waals surface area contributed by atoms with Crippen LogP contribution < -0.4 is 0 Å². The van der Waals surface area contributed by atoms with E-state index in [1.165, 1.54) is 4.88 Å². The van der Waals surface area contributed by atoms with Crippen LogP contribution in [0.2, 0.25) is 0 Å². The van der Waals surface area contributed by atoms with Crippen molar-refractivity contribution in [3.05, 3.63) is 65.3 Å². The van der Waals surface area contributed by atoms with Gasteiger partial charge in [0.15, 0.2) is 17.3 Å². The molecule has 0 unspecified atom stereocenters. The topological polar surface area (TPSA) is 99.3 Å². The molecule has 10 heteroatoms. The number of fused-ring (bicyclic) bond motifs is 2. The van der Waals surface area contributed by atoms with Gasteiger partial charge in [-0.1, -0.05) is 0 Å². The van der Waals surface area contributed by atoms with Gasteiger partial charge >= 0.3 is 0 Å². The lowest BCUT2D eigenvalue weighted by Gasteiger charge is -2.10. The summed E-state index contributed by atoms with van der Waals surface area (Å²) in [4.78, 5) is 25.4. The van der Waals surface area contributed by atoms with Gasteiger partial charge in [0, 0.05) is 46.0 Å². The van der Waals surface area contributed by atoms with E-state index < -0.39 is 5.82 Å². The Morgan fingerprint density at radius 1 is 1.06 bits per heavy atom. The van der Waals surface area contributed by atoms with E-state index in [-0.39, 0.29) is 5.69 Å². The van der Waals surface area contributed by atoms with Crippen LogP contribution in [0.5, 0.6) is 0 Å². The van der Waals surface area contributed by atoms with E-state index in [1.807, 2.05) is 31.1 Å². The van der Waals surface area contributed by atoms with Gasteiger partial charge in [-0.2, -0.15) is 5.10 Å². The summed E-state index contributed by atoms with van der Waals surface area (Å²) in [5, 5.41) is 7.58. The maximum atomic E-state index is 15.9. The molecule has 0 aliphatic heterocycles. The average Bonchev–Trinajstić information content (AvgIpc) is 3.56. The van der Waals surface area contributed by atoms with Crippen LogP contribution >= 0.6 is 11.3 Å². The van der Waals surface area contributed by atoms with Gasteiger partial charge < -0.3 is 9.88 Å². The van der Waals surface area contributed by atoms with Crippen molar-refractivity contribution in [3.63, 3.8) is 0 Å². The third-order valence-electron chi connectivity index (χ3n) is 5.73. The van der Waals surface area contributed by atoms with Crippen molar-refractivity contribution >= 4 is 33.4 Å². The Kier molecular flexibility index (Phi) is 5.12. The van der Waals surface area contributed by atoms with Crippen LogP contribution in [0.4, 0.5) is 4.39 Å². The smallest absolute Gasteiger partial charge is 0.178 e. The largest absolute Gasteiger partial charge is 0.335 e. The number of aromatic nitrogens is 7. The second-order valence-corrected chi connectivity index (χ2v) is 9.94. The normalized spacial score (nSPS) is 11.8. The molecule has 0 spiro atoms. The van der Waals surface area contributed by atoms with Crippen molar-refractivity contribution in [2.24, 2.45) is 0 Å². The molecule has 2 N–H and O–H groups in total. The summed E-state index contributed by atoms with van der Waals surface area (Å²) in [6, 6.07) is 8.02. The Morgan fingerprint density at radius 2 is 1.94 bits per heavy atom. The van der Waals surface area contributed by atoms with Crippen LogP contribution in [0.25, 0.3) is 55.3 Å². The summed E-state index contributed by atoms with van der Waals surface area (Å²) in [5.41, 5.74) is 5.01. The summed E-state index contributed by atoms with van der Waals surface area (Å²) < 4.78 is 15.9. The molecule has 0 aromatic carbocycles. The molecule has 0 saturated carbocycles. The Bertz CT molecular complexity index is 1700. The Labute approximate surface area is 203 Å². The summed E-state index contributed by atoms with van der Waals surface area (Å²) in [6.45, 7) is 2.76. The van der Waals surface area contributed by atoms with Gasteiger partial charge in [0.05, 0.1) is 22.6 Å². The van der Waals surface area contributed by atoms with Gasteiger partial charge in [-0.3, -0.25) is 15.1 Å². The second-order valence-electron chi connectivity index (χ2n) is 8.65.